The van der Waals surface area contributed by atoms with E-state index in [0.29, 0.717) is 11.8 Å². The zero-order valence-electron chi connectivity index (χ0n) is 12.4. The predicted molar refractivity (Wildman–Crippen MR) is 77.2 cm³/mol. The summed E-state index contributed by atoms with van der Waals surface area (Å²) in [6.07, 6.45) is 5.41. The Bertz CT molecular complexity index is 623. The lowest BCUT2D eigenvalue weighted by Crippen LogP contribution is -2.40. The summed E-state index contributed by atoms with van der Waals surface area (Å²) < 4.78 is 13.3. The van der Waals surface area contributed by atoms with Gasteiger partial charge in [-0.2, -0.15) is 5.10 Å². The van der Waals surface area contributed by atoms with Crippen molar-refractivity contribution in [3.05, 3.63) is 29.7 Å². The van der Waals surface area contributed by atoms with Gasteiger partial charge in [0, 0.05) is 32.4 Å². The zero-order chi connectivity index (χ0) is 14.8. The lowest BCUT2D eigenvalue weighted by atomic mass is 10.2. The maximum atomic E-state index is 5.85. The molecule has 2 aromatic rings. The lowest BCUT2D eigenvalue weighted by molar-refractivity contribution is -0.0823. The highest BCUT2D eigenvalue weighted by Crippen LogP contribution is 2.23. The van der Waals surface area contributed by atoms with Crippen LogP contribution in [0.4, 0.5) is 0 Å². The Morgan fingerprint density at radius 1 is 1.24 bits per heavy atom. The molecule has 3 rings (SSSR count). The predicted octanol–water partition coefficient (Wildman–Crippen LogP) is 1.37. The summed E-state index contributed by atoms with van der Waals surface area (Å²) in [5.74, 6) is 0.994. The van der Waals surface area contributed by atoms with Gasteiger partial charge in [-0.05, 0) is 26.1 Å². The van der Waals surface area contributed by atoms with Gasteiger partial charge in [-0.1, -0.05) is 0 Å². The second-order valence-electron chi connectivity index (χ2n) is 5.35. The maximum Gasteiger partial charge on any atom is 0.246 e. The van der Waals surface area contributed by atoms with Gasteiger partial charge in [-0.15, -0.1) is 10.2 Å². The smallest absolute Gasteiger partial charge is 0.246 e. The van der Waals surface area contributed by atoms with E-state index in [0.717, 1.165) is 18.8 Å². The minimum atomic E-state index is -0.162. The minimum absolute atomic E-state index is 0.161. The molecule has 1 saturated heterocycles. The van der Waals surface area contributed by atoms with Gasteiger partial charge in [-0.25, -0.2) is 0 Å². The normalized spacial score (nSPS) is 24.0. The second-order valence-corrected chi connectivity index (χ2v) is 5.35. The molecule has 2 aromatic heterocycles. The number of nitrogens with zero attached hydrogens (tertiary/aromatic N) is 5. The van der Waals surface area contributed by atoms with Crippen LogP contribution in [0.3, 0.4) is 0 Å². The van der Waals surface area contributed by atoms with Crippen molar-refractivity contribution >= 4 is 12.2 Å². The molecule has 7 heteroatoms. The summed E-state index contributed by atoms with van der Waals surface area (Å²) in [6.45, 7) is 3.72. The molecule has 0 bridgehead atoms. The Labute approximate surface area is 123 Å². The largest absolute Gasteiger partial charge is 0.418 e. The molecule has 0 aliphatic carbocycles. The Morgan fingerprint density at radius 3 is 2.81 bits per heavy atom. The van der Waals surface area contributed by atoms with Crippen molar-refractivity contribution in [2.24, 2.45) is 7.05 Å². The Kier molecular flexibility index (Phi) is 3.85. The topological polar surface area (TPSA) is 69.2 Å². The van der Waals surface area contributed by atoms with E-state index in [1.165, 1.54) is 0 Å². The Balaban J connectivity index is 1.71. The molecule has 3 heterocycles. The molecule has 0 radical (unpaired) electrons. The zero-order valence-corrected chi connectivity index (χ0v) is 12.4. The fraction of sp³-hybridized carbons (Fsp3) is 0.500. The third-order valence-corrected chi connectivity index (χ3v) is 3.43. The maximum absolute atomic E-state index is 5.85. The summed E-state index contributed by atoms with van der Waals surface area (Å²) in [4.78, 5) is 2.20. The van der Waals surface area contributed by atoms with E-state index >= 15 is 0 Å². The van der Waals surface area contributed by atoms with E-state index in [4.69, 9.17) is 9.15 Å². The van der Waals surface area contributed by atoms with Gasteiger partial charge < -0.3 is 14.1 Å². The van der Waals surface area contributed by atoms with Gasteiger partial charge >= 0.3 is 0 Å². The molecular weight excluding hydrogens is 270 g/mol. The fourth-order valence-electron chi connectivity index (χ4n) is 2.45. The van der Waals surface area contributed by atoms with Crippen LogP contribution in [0.5, 0.6) is 0 Å². The molecule has 7 nitrogen and oxygen atoms in total. The van der Waals surface area contributed by atoms with Crippen molar-refractivity contribution < 1.29 is 9.15 Å². The first-order valence-electron chi connectivity index (χ1n) is 6.95. The summed E-state index contributed by atoms with van der Waals surface area (Å²) in [5, 5.41) is 12.2. The summed E-state index contributed by atoms with van der Waals surface area (Å²) in [6, 6.07) is 1.91. The number of aromatic nitrogens is 4. The first kappa shape index (κ1) is 14.0. The molecule has 1 aliphatic rings. The quantitative estimate of drug-likeness (QED) is 0.850. The standard InChI is InChI=1S/C14H19N5O2/c1-10-8-18(2)9-12(20-10)14-17-16-13(21-14)5-4-11-6-7-15-19(11)3/h4-7,10,12H,8-9H2,1-3H3/b5-4+/t10-,12-/m1/s1. The molecule has 1 fully saturated rings. The van der Waals surface area contributed by atoms with E-state index in [2.05, 4.69) is 27.2 Å². The van der Waals surface area contributed by atoms with Crippen LogP contribution in [0.25, 0.3) is 12.2 Å². The van der Waals surface area contributed by atoms with Gasteiger partial charge in [0.05, 0.1) is 11.8 Å². The highest BCUT2D eigenvalue weighted by molar-refractivity contribution is 5.63. The summed E-state index contributed by atoms with van der Waals surface area (Å²) >= 11 is 0. The molecule has 0 saturated carbocycles. The van der Waals surface area contributed by atoms with Gasteiger partial charge in [0.1, 0.15) is 6.10 Å². The van der Waals surface area contributed by atoms with Crippen LogP contribution < -0.4 is 0 Å². The van der Waals surface area contributed by atoms with E-state index in [9.17, 15) is 0 Å². The monoisotopic (exact) mass is 289 g/mol. The minimum Gasteiger partial charge on any atom is -0.418 e. The van der Waals surface area contributed by atoms with Crippen LogP contribution in [-0.2, 0) is 11.8 Å². The number of aryl methyl sites for hydroxylation is 1. The molecule has 21 heavy (non-hydrogen) atoms. The Hall–Kier alpha value is -1.99. The van der Waals surface area contributed by atoms with Crippen LogP contribution in [0.2, 0.25) is 0 Å². The van der Waals surface area contributed by atoms with E-state index in [1.54, 1.807) is 17.0 Å². The molecule has 2 atom stereocenters. The number of ether oxygens (including phenoxy) is 1. The summed E-state index contributed by atoms with van der Waals surface area (Å²) in [7, 11) is 3.94. The van der Waals surface area contributed by atoms with Gasteiger partial charge in [0.15, 0.2) is 0 Å². The van der Waals surface area contributed by atoms with Gasteiger partial charge in [-0.3, -0.25) is 4.68 Å². The third-order valence-electron chi connectivity index (χ3n) is 3.43. The SMILES string of the molecule is C[C@@H]1CN(C)C[C@H](c2nnc(/C=C/c3ccnn3C)o2)O1. The lowest BCUT2D eigenvalue weighted by Gasteiger charge is -2.32. The van der Waals surface area contributed by atoms with E-state index in [1.807, 2.05) is 26.1 Å². The van der Waals surface area contributed by atoms with Crippen LogP contribution in [0.15, 0.2) is 16.7 Å². The van der Waals surface area contributed by atoms with Crippen molar-refractivity contribution in [3.63, 3.8) is 0 Å². The highest BCUT2D eigenvalue weighted by atomic mass is 16.5. The molecule has 0 aromatic carbocycles. The third kappa shape index (κ3) is 3.20. The van der Waals surface area contributed by atoms with Crippen LogP contribution in [0, 0.1) is 0 Å². The number of rotatable bonds is 3. The molecular formula is C14H19N5O2. The number of likely N-dealkylation sites (N-methyl/N-ethyl adjacent to an activating group) is 1. The molecule has 0 N–H and O–H groups in total. The van der Waals surface area contributed by atoms with Crippen molar-refractivity contribution in [3.8, 4) is 0 Å². The average Bonchev–Trinajstić information content (AvgIpc) is 3.04. The van der Waals surface area contributed by atoms with Gasteiger partial charge in [0.2, 0.25) is 11.8 Å². The van der Waals surface area contributed by atoms with E-state index < -0.39 is 0 Å². The van der Waals surface area contributed by atoms with Crippen molar-refractivity contribution in [2.45, 2.75) is 19.1 Å². The average molecular weight is 289 g/mol. The number of hydrogen-bond donors (Lipinski definition) is 0. The molecule has 112 valence electrons. The van der Waals surface area contributed by atoms with Crippen molar-refractivity contribution in [1.29, 1.82) is 0 Å². The van der Waals surface area contributed by atoms with E-state index in [-0.39, 0.29) is 12.2 Å². The number of hydrogen-bond acceptors (Lipinski definition) is 6. The van der Waals surface area contributed by atoms with Crippen LogP contribution >= 0.6 is 0 Å². The first-order chi connectivity index (χ1) is 10.1. The van der Waals surface area contributed by atoms with Crippen molar-refractivity contribution in [2.75, 3.05) is 20.1 Å². The van der Waals surface area contributed by atoms with Gasteiger partial charge in [0.25, 0.3) is 0 Å². The first-order valence-corrected chi connectivity index (χ1v) is 6.95. The Morgan fingerprint density at radius 2 is 2.10 bits per heavy atom. The molecule has 0 spiro atoms. The highest BCUT2D eigenvalue weighted by Gasteiger charge is 2.28. The second kappa shape index (κ2) is 5.79. The molecule has 0 unspecified atom stereocenters. The van der Waals surface area contributed by atoms with Crippen LogP contribution in [0.1, 0.15) is 30.5 Å². The molecule has 1 aliphatic heterocycles. The summed E-state index contributed by atoms with van der Waals surface area (Å²) in [5.41, 5.74) is 0.969. The van der Waals surface area contributed by atoms with Crippen LogP contribution in [-0.4, -0.2) is 51.1 Å². The molecule has 0 amide bonds. The van der Waals surface area contributed by atoms with Crippen molar-refractivity contribution in [1.82, 2.24) is 24.9 Å². The number of morpholine rings is 1. The fourth-order valence-corrected chi connectivity index (χ4v) is 2.45.